The summed E-state index contributed by atoms with van der Waals surface area (Å²) < 4.78 is 5.03. The maximum Gasteiger partial charge on any atom is 0.224 e. The second kappa shape index (κ2) is 6.30. The zero-order chi connectivity index (χ0) is 13.7. The van der Waals surface area contributed by atoms with Crippen molar-refractivity contribution in [1.82, 2.24) is 24.8 Å². The van der Waals surface area contributed by atoms with Crippen LogP contribution in [-0.2, 0) is 4.74 Å². The number of H-pyrrole nitrogens is 1. The van der Waals surface area contributed by atoms with Gasteiger partial charge in [0.1, 0.15) is 5.52 Å². The van der Waals surface area contributed by atoms with Gasteiger partial charge in [-0.1, -0.05) is 0 Å². The van der Waals surface area contributed by atoms with Gasteiger partial charge in [-0.25, -0.2) is 4.98 Å². The van der Waals surface area contributed by atoms with E-state index in [1.807, 2.05) is 7.05 Å². The van der Waals surface area contributed by atoms with E-state index in [1.165, 1.54) is 0 Å². The van der Waals surface area contributed by atoms with Crippen LogP contribution in [0.2, 0.25) is 0 Å². The number of fused-ring (bicyclic) bond motifs is 1. The Hall–Kier alpha value is -1.93. The first-order valence-electron chi connectivity index (χ1n) is 6.08. The molecule has 0 aliphatic rings. The van der Waals surface area contributed by atoms with Gasteiger partial charge in [0.2, 0.25) is 5.95 Å². The Labute approximate surface area is 111 Å². The molecule has 0 aliphatic carbocycles. The van der Waals surface area contributed by atoms with E-state index in [0.29, 0.717) is 11.5 Å². The highest BCUT2D eigenvalue weighted by Crippen LogP contribution is 2.16. The first-order chi connectivity index (χ1) is 9.20. The van der Waals surface area contributed by atoms with Gasteiger partial charge in [0.05, 0.1) is 12.9 Å². The molecule has 8 nitrogen and oxygen atoms in total. The molecule has 0 radical (unpaired) electrons. The predicted molar refractivity (Wildman–Crippen MR) is 74.0 cm³/mol. The summed E-state index contributed by atoms with van der Waals surface area (Å²) in [5.41, 5.74) is 6.98. The molecular formula is C11H19N7O. The van der Waals surface area contributed by atoms with Gasteiger partial charge in [-0.2, -0.15) is 9.97 Å². The number of hydrogen-bond acceptors (Lipinski definition) is 7. The van der Waals surface area contributed by atoms with E-state index in [0.717, 1.165) is 31.8 Å². The summed E-state index contributed by atoms with van der Waals surface area (Å²) >= 11 is 0. The van der Waals surface area contributed by atoms with E-state index in [1.54, 1.807) is 13.4 Å². The van der Waals surface area contributed by atoms with Crippen LogP contribution in [0.1, 0.15) is 0 Å². The number of hydrogen-bond donors (Lipinski definition) is 3. The van der Waals surface area contributed by atoms with Gasteiger partial charge in [-0.3, -0.25) is 0 Å². The molecule has 0 spiro atoms. The number of nitrogens with two attached hydrogens (primary N) is 1. The van der Waals surface area contributed by atoms with E-state index >= 15 is 0 Å². The summed E-state index contributed by atoms with van der Waals surface area (Å²) in [6.07, 6.45) is 1.58. The van der Waals surface area contributed by atoms with Crippen LogP contribution in [0.3, 0.4) is 0 Å². The average molecular weight is 265 g/mol. The minimum Gasteiger partial charge on any atom is -0.383 e. The minimum absolute atomic E-state index is 0.217. The van der Waals surface area contributed by atoms with Gasteiger partial charge in [-0.15, -0.1) is 0 Å². The molecule has 0 saturated carbocycles. The van der Waals surface area contributed by atoms with E-state index in [-0.39, 0.29) is 5.95 Å². The highest BCUT2D eigenvalue weighted by atomic mass is 16.5. The fraction of sp³-hybridized carbons (Fsp3) is 0.545. The fourth-order valence-electron chi connectivity index (χ4n) is 1.70. The Morgan fingerprint density at radius 1 is 1.42 bits per heavy atom. The molecule has 0 amide bonds. The third-order valence-electron chi connectivity index (χ3n) is 2.77. The van der Waals surface area contributed by atoms with Crippen LogP contribution in [0.25, 0.3) is 11.2 Å². The molecule has 8 heteroatoms. The SMILES string of the molecule is COCCN(C)CCNc1nc(N)nc2nc[nH]c12. The van der Waals surface area contributed by atoms with Crippen molar-refractivity contribution in [2.75, 3.05) is 51.4 Å². The summed E-state index contributed by atoms with van der Waals surface area (Å²) in [7, 11) is 3.74. The van der Waals surface area contributed by atoms with Crippen molar-refractivity contribution in [3.8, 4) is 0 Å². The first-order valence-corrected chi connectivity index (χ1v) is 6.08. The molecule has 4 N–H and O–H groups in total. The van der Waals surface area contributed by atoms with Crippen molar-refractivity contribution in [2.45, 2.75) is 0 Å². The number of rotatable bonds is 7. The molecule has 2 rings (SSSR count). The van der Waals surface area contributed by atoms with Crippen molar-refractivity contribution in [2.24, 2.45) is 0 Å². The summed E-state index contributed by atoms with van der Waals surface area (Å²) in [6, 6.07) is 0. The molecule has 104 valence electrons. The maximum absolute atomic E-state index is 5.64. The quantitative estimate of drug-likeness (QED) is 0.643. The monoisotopic (exact) mass is 265 g/mol. The third kappa shape index (κ3) is 3.52. The van der Waals surface area contributed by atoms with Gasteiger partial charge in [-0.05, 0) is 7.05 Å². The second-order valence-corrected chi connectivity index (χ2v) is 4.25. The first kappa shape index (κ1) is 13.5. The molecule has 19 heavy (non-hydrogen) atoms. The minimum atomic E-state index is 0.217. The Morgan fingerprint density at radius 3 is 3.05 bits per heavy atom. The van der Waals surface area contributed by atoms with Crippen LogP contribution < -0.4 is 11.1 Å². The molecule has 2 heterocycles. The van der Waals surface area contributed by atoms with Crippen molar-refractivity contribution in [1.29, 1.82) is 0 Å². The van der Waals surface area contributed by atoms with Gasteiger partial charge in [0.25, 0.3) is 0 Å². The van der Waals surface area contributed by atoms with E-state index in [2.05, 4.69) is 30.2 Å². The van der Waals surface area contributed by atoms with Crippen molar-refractivity contribution < 1.29 is 4.74 Å². The largest absolute Gasteiger partial charge is 0.383 e. The molecule has 2 aromatic rings. The highest BCUT2D eigenvalue weighted by Gasteiger charge is 2.08. The summed E-state index contributed by atoms with van der Waals surface area (Å²) in [5, 5.41) is 3.24. The Balaban J connectivity index is 1.92. The maximum atomic E-state index is 5.64. The zero-order valence-electron chi connectivity index (χ0n) is 11.2. The molecule has 0 saturated heterocycles. The molecule has 2 aromatic heterocycles. The van der Waals surface area contributed by atoms with Gasteiger partial charge >= 0.3 is 0 Å². The lowest BCUT2D eigenvalue weighted by molar-refractivity contribution is 0.163. The molecule has 0 aliphatic heterocycles. The van der Waals surface area contributed by atoms with Crippen molar-refractivity contribution in [3.05, 3.63) is 6.33 Å². The molecule has 0 fully saturated rings. The lowest BCUT2D eigenvalue weighted by Gasteiger charge is -2.16. The molecule has 0 atom stereocenters. The highest BCUT2D eigenvalue weighted by molar-refractivity contribution is 5.83. The zero-order valence-corrected chi connectivity index (χ0v) is 11.2. The predicted octanol–water partition coefficient (Wildman–Crippen LogP) is -0.0748. The van der Waals surface area contributed by atoms with Crippen LogP contribution in [0, 0.1) is 0 Å². The number of imidazole rings is 1. The second-order valence-electron chi connectivity index (χ2n) is 4.25. The molecular weight excluding hydrogens is 246 g/mol. The number of aromatic nitrogens is 4. The lowest BCUT2D eigenvalue weighted by atomic mass is 10.4. The van der Waals surface area contributed by atoms with Crippen LogP contribution in [0.5, 0.6) is 0 Å². The number of anilines is 2. The van der Waals surface area contributed by atoms with Gasteiger partial charge in [0, 0.05) is 26.7 Å². The summed E-state index contributed by atoms with van der Waals surface area (Å²) in [6.45, 7) is 3.25. The number of ether oxygens (including phenoxy) is 1. The number of nitrogens with zero attached hydrogens (tertiary/aromatic N) is 4. The Bertz CT molecular complexity index is 527. The van der Waals surface area contributed by atoms with Gasteiger partial charge in [0.15, 0.2) is 11.5 Å². The number of likely N-dealkylation sites (N-methyl/N-ethyl adjacent to an activating group) is 1. The van der Waals surface area contributed by atoms with Crippen LogP contribution in [-0.4, -0.2) is 65.2 Å². The number of methoxy groups -OCH3 is 1. The van der Waals surface area contributed by atoms with Crippen LogP contribution in [0.4, 0.5) is 11.8 Å². The van der Waals surface area contributed by atoms with Gasteiger partial charge < -0.3 is 25.7 Å². The van der Waals surface area contributed by atoms with E-state index < -0.39 is 0 Å². The van der Waals surface area contributed by atoms with Crippen molar-refractivity contribution >= 4 is 22.9 Å². The molecule has 0 bridgehead atoms. The Morgan fingerprint density at radius 2 is 2.26 bits per heavy atom. The topological polar surface area (TPSA) is 105 Å². The fourth-order valence-corrected chi connectivity index (χ4v) is 1.70. The lowest BCUT2D eigenvalue weighted by Crippen LogP contribution is -2.28. The average Bonchev–Trinajstić information content (AvgIpc) is 2.84. The van der Waals surface area contributed by atoms with Crippen LogP contribution in [0.15, 0.2) is 6.33 Å². The summed E-state index contributed by atoms with van der Waals surface area (Å²) in [5.74, 6) is 0.898. The van der Waals surface area contributed by atoms with E-state index in [9.17, 15) is 0 Å². The third-order valence-corrected chi connectivity index (χ3v) is 2.77. The van der Waals surface area contributed by atoms with E-state index in [4.69, 9.17) is 10.5 Å². The van der Waals surface area contributed by atoms with Crippen LogP contribution >= 0.6 is 0 Å². The number of aromatic amines is 1. The molecule has 0 unspecified atom stereocenters. The Kier molecular flexibility index (Phi) is 4.48. The smallest absolute Gasteiger partial charge is 0.224 e. The normalized spacial score (nSPS) is 11.3. The number of nitrogen functional groups attached to an aromatic ring is 1. The summed E-state index contributed by atoms with van der Waals surface area (Å²) in [4.78, 5) is 17.5. The standard InChI is InChI=1S/C11H19N7O/c1-18(5-6-19-2)4-3-13-9-8-10(15-7-14-8)17-11(12)16-9/h7H,3-6H2,1-2H3,(H4,12,13,14,15,16,17). The van der Waals surface area contributed by atoms with Crippen molar-refractivity contribution in [3.63, 3.8) is 0 Å². The molecule has 0 aromatic carbocycles. The number of nitrogens with one attached hydrogen (secondary N) is 2.